The smallest absolute Gasteiger partial charge is 0.283 e. The first kappa shape index (κ1) is 12.3. The Morgan fingerprint density at radius 2 is 2.37 bits per heavy atom. The maximum atomic E-state index is 12.3. The van der Waals surface area contributed by atoms with Gasteiger partial charge in [-0.3, -0.25) is 4.79 Å². The number of nitrogens with zero attached hydrogens (tertiary/aromatic N) is 3. The van der Waals surface area contributed by atoms with Crippen LogP contribution < -0.4 is 10.9 Å². The summed E-state index contributed by atoms with van der Waals surface area (Å²) < 4.78 is 2.17. The highest BCUT2D eigenvalue weighted by Crippen LogP contribution is 2.20. The van der Waals surface area contributed by atoms with E-state index in [1.807, 2.05) is 12.1 Å². The summed E-state index contributed by atoms with van der Waals surface area (Å²) in [6, 6.07) is 5.44. The van der Waals surface area contributed by atoms with Crippen LogP contribution in [0.15, 0.2) is 40.1 Å². The van der Waals surface area contributed by atoms with Crippen molar-refractivity contribution >= 4 is 48.3 Å². The van der Waals surface area contributed by atoms with Crippen molar-refractivity contribution < 1.29 is 0 Å². The third-order valence-electron chi connectivity index (χ3n) is 2.56. The third kappa shape index (κ3) is 2.15. The van der Waals surface area contributed by atoms with Crippen LogP contribution in [0.2, 0.25) is 0 Å². The summed E-state index contributed by atoms with van der Waals surface area (Å²) in [7, 11) is 0. The zero-order chi connectivity index (χ0) is 13.4. The molecule has 0 radical (unpaired) electrons. The molecule has 0 aliphatic carbocycles. The molecule has 7 heteroatoms. The molecule has 0 bridgehead atoms. The van der Waals surface area contributed by atoms with Gasteiger partial charge in [0.05, 0.1) is 10.9 Å². The molecule has 0 saturated heterocycles. The first-order valence-electron chi connectivity index (χ1n) is 5.53. The molecule has 3 rings (SSSR count). The minimum Gasteiger partial charge on any atom is -0.357 e. The molecule has 0 saturated carbocycles. The Morgan fingerprint density at radius 1 is 1.53 bits per heavy atom. The molecule has 0 aliphatic rings. The number of aromatic nitrogens is 3. The van der Waals surface area contributed by atoms with Crippen molar-refractivity contribution in [2.45, 2.75) is 0 Å². The van der Waals surface area contributed by atoms with Gasteiger partial charge < -0.3 is 5.32 Å². The Kier molecular flexibility index (Phi) is 3.08. The lowest BCUT2D eigenvalue weighted by Crippen LogP contribution is -2.15. The van der Waals surface area contributed by atoms with E-state index >= 15 is 0 Å². The SMILES string of the molecule is C=CCNc1nn2c(=O)c3cc(Br)ccc3nc2s1. The zero-order valence-corrected chi connectivity index (χ0v) is 12.2. The first-order valence-corrected chi connectivity index (χ1v) is 7.14. The number of hydrogen-bond donors (Lipinski definition) is 1. The summed E-state index contributed by atoms with van der Waals surface area (Å²) >= 11 is 4.69. The average Bonchev–Trinajstić information content (AvgIpc) is 2.81. The van der Waals surface area contributed by atoms with Crippen LogP contribution in [0.4, 0.5) is 5.13 Å². The molecular weight excluding hydrogens is 328 g/mol. The molecule has 5 nitrogen and oxygen atoms in total. The van der Waals surface area contributed by atoms with Crippen molar-refractivity contribution in [2.24, 2.45) is 0 Å². The molecule has 19 heavy (non-hydrogen) atoms. The minimum atomic E-state index is -0.163. The summed E-state index contributed by atoms with van der Waals surface area (Å²) in [5, 5.41) is 8.47. The number of nitrogens with one attached hydrogen (secondary N) is 1. The van der Waals surface area contributed by atoms with Crippen molar-refractivity contribution in [2.75, 3.05) is 11.9 Å². The summed E-state index contributed by atoms with van der Waals surface area (Å²) in [6.07, 6.45) is 1.73. The fraction of sp³-hybridized carbons (Fsp3) is 0.0833. The van der Waals surface area contributed by atoms with Gasteiger partial charge in [0.1, 0.15) is 0 Å². The van der Waals surface area contributed by atoms with Crippen LogP contribution >= 0.6 is 27.3 Å². The van der Waals surface area contributed by atoms with E-state index in [4.69, 9.17) is 0 Å². The number of benzene rings is 1. The van der Waals surface area contributed by atoms with Crippen LogP contribution in [0.1, 0.15) is 0 Å². The Hall–Kier alpha value is -1.73. The Labute approximate surface area is 120 Å². The van der Waals surface area contributed by atoms with E-state index in [0.29, 0.717) is 27.5 Å². The maximum absolute atomic E-state index is 12.3. The number of rotatable bonds is 3. The lowest BCUT2D eigenvalue weighted by Gasteiger charge is -1.97. The van der Waals surface area contributed by atoms with Crippen molar-refractivity contribution in [1.29, 1.82) is 0 Å². The normalized spacial score (nSPS) is 11.0. The van der Waals surface area contributed by atoms with E-state index in [1.54, 1.807) is 12.1 Å². The maximum Gasteiger partial charge on any atom is 0.283 e. The van der Waals surface area contributed by atoms with Crippen molar-refractivity contribution in [1.82, 2.24) is 14.6 Å². The van der Waals surface area contributed by atoms with Gasteiger partial charge in [0.2, 0.25) is 10.1 Å². The average molecular weight is 337 g/mol. The van der Waals surface area contributed by atoms with Gasteiger partial charge in [0.15, 0.2) is 0 Å². The van der Waals surface area contributed by atoms with Crippen LogP contribution in [-0.4, -0.2) is 21.1 Å². The van der Waals surface area contributed by atoms with E-state index in [-0.39, 0.29) is 5.56 Å². The topological polar surface area (TPSA) is 59.3 Å². The molecule has 0 atom stereocenters. The Morgan fingerprint density at radius 3 is 3.16 bits per heavy atom. The molecule has 2 aromatic heterocycles. The fourth-order valence-corrected chi connectivity index (χ4v) is 2.88. The van der Waals surface area contributed by atoms with E-state index < -0.39 is 0 Å². The lowest BCUT2D eigenvalue weighted by atomic mass is 10.2. The van der Waals surface area contributed by atoms with Crippen molar-refractivity contribution in [3.63, 3.8) is 0 Å². The van der Waals surface area contributed by atoms with Gasteiger partial charge >= 0.3 is 0 Å². The quantitative estimate of drug-likeness (QED) is 0.747. The molecule has 0 spiro atoms. The second-order valence-electron chi connectivity index (χ2n) is 3.85. The molecule has 0 aliphatic heterocycles. The van der Waals surface area contributed by atoms with Crippen LogP contribution in [0.5, 0.6) is 0 Å². The van der Waals surface area contributed by atoms with Gasteiger partial charge in [0, 0.05) is 11.0 Å². The molecule has 1 aromatic carbocycles. The van der Waals surface area contributed by atoms with E-state index in [2.05, 4.69) is 37.9 Å². The van der Waals surface area contributed by atoms with Gasteiger partial charge in [-0.05, 0) is 18.2 Å². The zero-order valence-electron chi connectivity index (χ0n) is 9.76. The number of hydrogen-bond acceptors (Lipinski definition) is 5. The van der Waals surface area contributed by atoms with Gasteiger partial charge in [-0.2, -0.15) is 4.52 Å². The number of halogens is 1. The molecule has 0 unspecified atom stereocenters. The standard InChI is InChI=1S/C12H9BrN4OS/c1-2-5-14-11-16-17-10(18)8-6-7(13)3-4-9(8)15-12(17)19-11/h2-4,6H,1,5H2,(H,14,16). The highest BCUT2D eigenvalue weighted by molar-refractivity contribution is 9.10. The van der Waals surface area contributed by atoms with Crippen molar-refractivity contribution in [3.8, 4) is 0 Å². The highest BCUT2D eigenvalue weighted by Gasteiger charge is 2.10. The molecule has 3 aromatic rings. The summed E-state index contributed by atoms with van der Waals surface area (Å²) in [4.78, 5) is 17.3. The predicted molar refractivity (Wildman–Crippen MR) is 81.0 cm³/mol. The van der Waals surface area contributed by atoms with Gasteiger partial charge in [-0.15, -0.1) is 11.7 Å². The summed E-state index contributed by atoms with van der Waals surface area (Å²) in [5.41, 5.74) is 0.510. The van der Waals surface area contributed by atoms with Crippen LogP contribution in [0, 0.1) is 0 Å². The lowest BCUT2D eigenvalue weighted by molar-refractivity contribution is 0.915. The van der Waals surface area contributed by atoms with E-state index in [1.165, 1.54) is 15.9 Å². The van der Waals surface area contributed by atoms with Crippen LogP contribution in [0.3, 0.4) is 0 Å². The Balaban J connectivity index is 2.27. The van der Waals surface area contributed by atoms with Gasteiger partial charge in [-0.25, -0.2) is 4.98 Å². The Bertz CT molecular complexity index is 839. The second-order valence-corrected chi connectivity index (χ2v) is 5.72. The van der Waals surface area contributed by atoms with Crippen LogP contribution in [-0.2, 0) is 0 Å². The fourth-order valence-electron chi connectivity index (χ4n) is 1.71. The van der Waals surface area contributed by atoms with Gasteiger partial charge in [0.25, 0.3) is 5.56 Å². The minimum absolute atomic E-state index is 0.163. The third-order valence-corrected chi connectivity index (χ3v) is 3.91. The van der Waals surface area contributed by atoms with Gasteiger partial charge in [-0.1, -0.05) is 33.3 Å². The molecule has 2 heterocycles. The number of fused-ring (bicyclic) bond motifs is 2. The summed E-state index contributed by atoms with van der Waals surface area (Å²) in [6.45, 7) is 4.22. The summed E-state index contributed by atoms with van der Waals surface area (Å²) in [5.74, 6) is 0. The molecule has 0 fully saturated rings. The largest absolute Gasteiger partial charge is 0.357 e. The van der Waals surface area contributed by atoms with Crippen molar-refractivity contribution in [3.05, 3.63) is 45.7 Å². The number of anilines is 1. The monoisotopic (exact) mass is 336 g/mol. The van der Waals surface area contributed by atoms with E-state index in [9.17, 15) is 4.79 Å². The van der Waals surface area contributed by atoms with Crippen LogP contribution in [0.25, 0.3) is 15.9 Å². The molecule has 96 valence electrons. The second kappa shape index (κ2) is 4.75. The molecule has 0 amide bonds. The van der Waals surface area contributed by atoms with E-state index in [0.717, 1.165) is 4.47 Å². The first-order chi connectivity index (χ1) is 9.19. The molecular formula is C12H9BrN4OS. The predicted octanol–water partition coefficient (Wildman–Crippen LogP) is 2.66. The molecule has 1 N–H and O–H groups in total. The highest BCUT2D eigenvalue weighted by atomic mass is 79.9.